The van der Waals surface area contributed by atoms with E-state index in [0.717, 1.165) is 0 Å². The van der Waals surface area contributed by atoms with E-state index in [1.807, 2.05) is 6.07 Å². The number of fused-ring (bicyclic) bond motifs is 1. The highest BCUT2D eigenvalue weighted by molar-refractivity contribution is 5.85. The first-order valence-electron chi connectivity index (χ1n) is 10.8. The maximum absolute atomic E-state index is 13.4. The van der Waals surface area contributed by atoms with Gasteiger partial charge in [-0.1, -0.05) is 30.8 Å². The number of nitrogens with zero attached hydrogens (tertiary/aromatic N) is 1. The molecule has 0 unspecified atom stereocenters. The third kappa shape index (κ3) is 6.76. The standard InChI is InChI=1S/C28H22F3NO4/c1-19(35-17-15-28(29,30)31)21(6-5-16-34-2)13-14-25-26(22-11-9-20(18-32)10-12-22)27(33)23-7-3-4-8-24(23)36-25/h3-14,16H,1,15,17H2,2H3/b14-13+,16-5+,21-6-. The van der Waals surface area contributed by atoms with Crippen LogP contribution in [0.3, 0.4) is 0 Å². The summed E-state index contributed by atoms with van der Waals surface area (Å²) < 4.78 is 53.7. The van der Waals surface area contributed by atoms with Crippen LogP contribution in [0.5, 0.6) is 0 Å². The van der Waals surface area contributed by atoms with Crippen molar-refractivity contribution >= 4 is 17.0 Å². The molecule has 5 nitrogen and oxygen atoms in total. The first-order valence-corrected chi connectivity index (χ1v) is 10.8. The van der Waals surface area contributed by atoms with Crippen molar-refractivity contribution in [1.29, 1.82) is 5.26 Å². The summed E-state index contributed by atoms with van der Waals surface area (Å²) in [5.41, 5.74) is 1.68. The summed E-state index contributed by atoms with van der Waals surface area (Å²) in [6.07, 6.45) is 1.99. The molecule has 8 heteroatoms. The molecule has 184 valence electrons. The Labute approximate surface area is 205 Å². The molecule has 0 amide bonds. The molecule has 36 heavy (non-hydrogen) atoms. The molecule has 0 radical (unpaired) electrons. The van der Waals surface area contributed by atoms with Crippen LogP contribution in [0.2, 0.25) is 0 Å². The number of halogens is 3. The van der Waals surface area contributed by atoms with Crippen LogP contribution in [0.4, 0.5) is 13.2 Å². The molecule has 0 spiro atoms. The van der Waals surface area contributed by atoms with Gasteiger partial charge in [0.1, 0.15) is 17.1 Å². The lowest BCUT2D eigenvalue weighted by Crippen LogP contribution is -2.11. The lowest BCUT2D eigenvalue weighted by molar-refractivity contribution is -0.142. The second kappa shape index (κ2) is 11.8. The Hall–Kier alpha value is -4.51. The highest BCUT2D eigenvalue weighted by atomic mass is 19.4. The van der Waals surface area contributed by atoms with Crippen LogP contribution in [-0.2, 0) is 9.47 Å². The quantitative estimate of drug-likeness (QED) is 0.239. The van der Waals surface area contributed by atoms with Gasteiger partial charge in [-0.15, -0.1) is 0 Å². The lowest BCUT2D eigenvalue weighted by atomic mass is 10.00. The van der Waals surface area contributed by atoms with E-state index < -0.39 is 19.2 Å². The van der Waals surface area contributed by atoms with Crippen LogP contribution in [-0.4, -0.2) is 19.9 Å². The monoisotopic (exact) mass is 493 g/mol. The number of para-hydroxylation sites is 1. The largest absolute Gasteiger partial charge is 0.504 e. The Bertz CT molecular complexity index is 1420. The zero-order chi connectivity index (χ0) is 26.1. The average Bonchev–Trinajstić information content (AvgIpc) is 2.85. The van der Waals surface area contributed by atoms with E-state index in [9.17, 15) is 18.0 Å². The summed E-state index contributed by atoms with van der Waals surface area (Å²) in [5, 5.41) is 9.48. The number of hydrogen-bond donors (Lipinski definition) is 0. The van der Waals surface area contributed by atoms with Crippen molar-refractivity contribution in [3.63, 3.8) is 0 Å². The average molecular weight is 493 g/mol. The van der Waals surface area contributed by atoms with Gasteiger partial charge in [-0.05, 0) is 54.1 Å². The Kier molecular flexibility index (Phi) is 8.52. The normalized spacial score (nSPS) is 12.2. The molecule has 3 aromatic rings. The molecule has 3 rings (SSSR count). The fraction of sp³-hybridized carbons (Fsp3) is 0.143. The Morgan fingerprint density at radius 1 is 1.17 bits per heavy atom. The van der Waals surface area contributed by atoms with Crippen molar-refractivity contribution < 1.29 is 27.1 Å². The first kappa shape index (κ1) is 26.1. The van der Waals surface area contributed by atoms with Gasteiger partial charge >= 0.3 is 6.18 Å². The second-order valence-corrected chi connectivity index (χ2v) is 7.51. The molecular weight excluding hydrogens is 471 g/mol. The molecule has 1 heterocycles. The van der Waals surface area contributed by atoms with Crippen molar-refractivity contribution in [2.24, 2.45) is 0 Å². The molecule has 0 aliphatic rings. The third-order valence-corrected chi connectivity index (χ3v) is 5.02. The highest BCUT2D eigenvalue weighted by Gasteiger charge is 2.27. The minimum atomic E-state index is -4.36. The minimum absolute atomic E-state index is 0.000637. The van der Waals surface area contributed by atoms with Gasteiger partial charge in [-0.3, -0.25) is 4.79 Å². The fourth-order valence-electron chi connectivity index (χ4n) is 3.26. The van der Waals surface area contributed by atoms with E-state index in [2.05, 4.69) is 6.58 Å². The number of allylic oxidation sites excluding steroid dienone is 3. The molecule has 2 aromatic carbocycles. The minimum Gasteiger partial charge on any atom is -0.504 e. The van der Waals surface area contributed by atoms with Crippen LogP contribution in [0, 0.1) is 11.3 Å². The third-order valence-electron chi connectivity index (χ3n) is 5.02. The van der Waals surface area contributed by atoms with E-state index >= 15 is 0 Å². The Morgan fingerprint density at radius 2 is 1.89 bits per heavy atom. The Morgan fingerprint density at radius 3 is 2.56 bits per heavy atom. The second-order valence-electron chi connectivity index (χ2n) is 7.51. The zero-order valence-corrected chi connectivity index (χ0v) is 19.3. The van der Waals surface area contributed by atoms with Crippen molar-refractivity contribution in [3.05, 3.63) is 112 Å². The number of nitriles is 1. The molecule has 0 N–H and O–H groups in total. The first-order chi connectivity index (χ1) is 17.2. The van der Waals surface area contributed by atoms with Gasteiger partial charge in [0.05, 0.1) is 49.0 Å². The van der Waals surface area contributed by atoms with Crippen LogP contribution >= 0.6 is 0 Å². The van der Waals surface area contributed by atoms with Crippen molar-refractivity contribution in [1.82, 2.24) is 0 Å². The highest BCUT2D eigenvalue weighted by Crippen LogP contribution is 2.27. The van der Waals surface area contributed by atoms with Crippen LogP contribution in [0.25, 0.3) is 28.2 Å². The lowest BCUT2D eigenvalue weighted by Gasteiger charge is -2.12. The van der Waals surface area contributed by atoms with Gasteiger partial charge < -0.3 is 13.9 Å². The molecule has 0 bridgehead atoms. The van der Waals surface area contributed by atoms with E-state index in [1.165, 1.54) is 37.7 Å². The molecule has 0 aliphatic heterocycles. The molecule has 0 fully saturated rings. The maximum Gasteiger partial charge on any atom is 0.392 e. The fourth-order valence-corrected chi connectivity index (χ4v) is 3.26. The number of benzene rings is 2. The van der Waals surface area contributed by atoms with Crippen LogP contribution < -0.4 is 5.43 Å². The van der Waals surface area contributed by atoms with E-state index in [1.54, 1.807) is 48.5 Å². The number of alkyl halides is 3. The summed E-state index contributed by atoms with van der Waals surface area (Å²) in [4.78, 5) is 13.4. The number of methoxy groups -OCH3 is 1. The molecule has 0 atom stereocenters. The van der Waals surface area contributed by atoms with Crippen LogP contribution in [0.1, 0.15) is 17.7 Å². The predicted octanol–water partition coefficient (Wildman–Crippen LogP) is 6.91. The SMILES string of the molecule is C=C(OCCC(F)(F)F)C(=C\C=C\OC)/C=C/c1oc2ccccc2c(=O)c1-c1ccc(C#N)cc1. The van der Waals surface area contributed by atoms with Gasteiger partial charge in [0.25, 0.3) is 0 Å². The summed E-state index contributed by atoms with van der Waals surface area (Å²) in [5.74, 6) is 0.215. The van der Waals surface area contributed by atoms with Gasteiger partial charge in [-0.25, -0.2) is 0 Å². The van der Waals surface area contributed by atoms with Gasteiger partial charge in [0.15, 0.2) is 0 Å². The topological polar surface area (TPSA) is 72.5 Å². The molecule has 1 aromatic heterocycles. The predicted molar refractivity (Wildman–Crippen MR) is 132 cm³/mol. The van der Waals surface area contributed by atoms with E-state index in [4.69, 9.17) is 19.2 Å². The molecule has 0 saturated heterocycles. The van der Waals surface area contributed by atoms with Gasteiger partial charge in [0.2, 0.25) is 5.43 Å². The van der Waals surface area contributed by atoms with Crippen molar-refractivity contribution in [3.8, 4) is 17.2 Å². The summed E-state index contributed by atoms with van der Waals surface area (Å²) in [7, 11) is 1.45. The van der Waals surface area contributed by atoms with E-state index in [0.29, 0.717) is 27.7 Å². The molecular formula is C28H22F3NO4. The van der Waals surface area contributed by atoms with E-state index in [-0.39, 0.29) is 22.5 Å². The molecule has 0 saturated carbocycles. The summed E-state index contributed by atoms with van der Waals surface area (Å²) >= 11 is 0. The molecule has 0 aliphatic carbocycles. The smallest absolute Gasteiger partial charge is 0.392 e. The van der Waals surface area contributed by atoms with Gasteiger partial charge in [-0.2, -0.15) is 18.4 Å². The summed E-state index contributed by atoms with van der Waals surface area (Å²) in [6, 6.07) is 15.3. The number of ether oxygens (including phenoxy) is 2. The maximum atomic E-state index is 13.4. The zero-order valence-electron chi connectivity index (χ0n) is 19.3. The van der Waals surface area contributed by atoms with Crippen molar-refractivity contribution in [2.75, 3.05) is 13.7 Å². The van der Waals surface area contributed by atoms with Crippen LogP contribution in [0.15, 0.2) is 100 Å². The number of hydrogen-bond acceptors (Lipinski definition) is 5. The van der Waals surface area contributed by atoms with Gasteiger partial charge in [0, 0.05) is 5.57 Å². The summed E-state index contributed by atoms with van der Waals surface area (Å²) in [6.45, 7) is 3.13. The Balaban J connectivity index is 2.06. The number of rotatable bonds is 9. The van der Waals surface area contributed by atoms with Crippen molar-refractivity contribution in [2.45, 2.75) is 12.6 Å².